The van der Waals surface area contributed by atoms with Gasteiger partial charge < -0.3 is 14.4 Å². The summed E-state index contributed by atoms with van der Waals surface area (Å²) in [7, 11) is 2.92. The first-order chi connectivity index (χ1) is 9.06. The molecular formula is C14H19NO4. The van der Waals surface area contributed by atoms with Crippen molar-refractivity contribution in [3.8, 4) is 5.75 Å². The van der Waals surface area contributed by atoms with Gasteiger partial charge in [-0.1, -0.05) is 12.1 Å². The Bertz CT molecular complexity index is 428. The van der Waals surface area contributed by atoms with E-state index in [0.717, 1.165) is 11.3 Å². The summed E-state index contributed by atoms with van der Waals surface area (Å²) in [5.41, 5.74) is 0.976. The molecule has 1 aromatic rings. The molecule has 0 aromatic heterocycles. The molecule has 0 spiro atoms. The van der Waals surface area contributed by atoms with E-state index in [2.05, 4.69) is 4.74 Å². The zero-order valence-corrected chi connectivity index (χ0v) is 11.5. The third-order valence-electron chi connectivity index (χ3n) is 2.60. The summed E-state index contributed by atoms with van der Waals surface area (Å²) in [6, 6.07) is 7.51. The second kappa shape index (κ2) is 7.41. The Labute approximate surface area is 113 Å². The highest BCUT2D eigenvalue weighted by Crippen LogP contribution is 2.13. The van der Waals surface area contributed by atoms with Crippen LogP contribution >= 0.6 is 0 Å². The van der Waals surface area contributed by atoms with E-state index in [4.69, 9.17) is 4.74 Å². The molecule has 0 unspecified atom stereocenters. The van der Waals surface area contributed by atoms with Gasteiger partial charge in [-0.3, -0.25) is 9.59 Å². The lowest BCUT2D eigenvalue weighted by Crippen LogP contribution is -2.28. The van der Waals surface area contributed by atoms with Gasteiger partial charge in [-0.25, -0.2) is 0 Å². The van der Waals surface area contributed by atoms with Crippen molar-refractivity contribution in [3.63, 3.8) is 0 Å². The van der Waals surface area contributed by atoms with Gasteiger partial charge in [0, 0.05) is 13.6 Å². The molecule has 0 saturated carbocycles. The molecule has 0 aliphatic rings. The number of carbonyl (C=O) groups is 2. The highest BCUT2D eigenvalue weighted by Gasteiger charge is 2.14. The van der Waals surface area contributed by atoms with Crippen LogP contribution in [-0.2, 0) is 20.9 Å². The number of amides is 1. The van der Waals surface area contributed by atoms with Crippen molar-refractivity contribution in [2.45, 2.75) is 19.9 Å². The Morgan fingerprint density at radius 2 is 1.84 bits per heavy atom. The SMILES string of the molecule is CCOc1ccc(CN(C)C(=O)CC(=O)OC)cc1. The van der Waals surface area contributed by atoms with Gasteiger partial charge >= 0.3 is 5.97 Å². The van der Waals surface area contributed by atoms with Crippen molar-refractivity contribution in [2.75, 3.05) is 20.8 Å². The van der Waals surface area contributed by atoms with Crippen molar-refractivity contribution >= 4 is 11.9 Å². The molecule has 5 heteroatoms. The molecular weight excluding hydrogens is 246 g/mol. The summed E-state index contributed by atoms with van der Waals surface area (Å²) in [6.07, 6.45) is -0.232. The topological polar surface area (TPSA) is 55.8 Å². The van der Waals surface area contributed by atoms with E-state index >= 15 is 0 Å². The Hall–Kier alpha value is -2.04. The zero-order chi connectivity index (χ0) is 14.3. The molecule has 0 aliphatic heterocycles. The van der Waals surface area contributed by atoms with Crippen LogP contribution in [0.1, 0.15) is 18.9 Å². The number of hydrogen-bond acceptors (Lipinski definition) is 4. The Balaban J connectivity index is 2.53. The van der Waals surface area contributed by atoms with E-state index in [-0.39, 0.29) is 12.3 Å². The molecule has 1 aromatic carbocycles. The fourth-order valence-electron chi connectivity index (χ4n) is 1.55. The van der Waals surface area contributed by atoms with E-state index in [1.54, 1.807) is 7.05 Å². The van der Waals surface area contributed by atoms with Crippen LogP contribution in [0, 0.1) is 0 Å². The fraction of sp³-hybridized carbons (Fsp3) is 0.429. The van der Waals surface area contributed by atoms with Gasteiger partial charge in [0.05, 0.1) is 13.7 Å². The van der Waals surface area contributed by atoms with Gasteiger partial charge in [-0.15, -0.1) is 0 Å². The summed E-state index contributed by atoms with van der Waals surface area (Å²) in [5.74, 6) is 0.0130. The number of carbonyl (C=O) groups excluding carboxylic acids is 2. The summed E-state index contributed by atoms with van der Waals surface area (Å²) in [4.78, 5) is 24.2. The van der Waals surface area contributed by atoms with Gasteiger partial charge in [-0.2, -0.15) is 0 Å². The lowest BCUT2D eigenvalue weighted by atomic mass is 10.2. The van der Waals surface area contributed by atoms with E-state index in [0.29, 0.717) is 13.2 Å². The molecule has 1 rings (SSSR count). The van der Waals surface area contributed by atoms with E-state index in [1.165, 1.54) is 12.0 Å². The standard InChI is InChI=1S/C14H19NO4/c1-4-19-12-7-5-11(6-8-12)10-15(2)13(16)9-14(17)18-3/h5-8H,4,9-10H2,1-3H3. The molecule has 5 nitrogen and oxygen atoms in total. The van der Waals surface area contributed by atoms with Crippen LogP contribution in [0.3, 0.4) is 0 Å². The highest BCUT2D eigenvalue weighted by molar-refractivity contribution is 5.94. The largest absolute Gasteiger partial charge is 0.494 e. The number of benzene rings is 1. The average Bonchev–Trinajstić information content (AvgIpc) is 2.41. The minimum atomic E-state index is -0.524. The van der Waals surface area contributed by atoms with Crippen LogP contribution in [0.4, 0.5) is 0 Å². The molecule has 19 heavy (non-hydrogen) atoms. The Morgan fingerprint density at radius 3 is 2.37 bits per heavy atom. The first kappa shape index (κ1) is 15.0. The number of nitrogens with zero attached hydrogens (tertiary/aromatic N) is 1. The molecule has 0 radical (unpaired) electrons. The van der Waals surface area contributed by atoms with Crippen LogP contribution in [0.5, 0.6) is 5.75 Å². The maximum atomic E-state index is 11.7. The van der Waals surface area contributed by atoms with Crippen molar-refractivity contribution in [2.24, 2.45) is 0 Å². The smallest absolute Gasteiger partial charge is 0.315 e. The number of esters is 1. The second-order valence-electron chi connectivity index (χ2n) is 4.08. The summed E-state index contributed by atoms with van der Waals surface area (Å²) < 4.78 is 9.80. The van der Waals surface area contributed by atoms with Gasteiger partial charge in [0.2, 0.25) is 5.91 Å². The van der Waals surface area contributed by atoms with Crippen LogP contribution in [0.15, 0.2) is 24.3 Å². The maximum Gasteiger partial charge on any atom is 0.315 e. The molecule has 0 saturated heterocycles. The van der Waals surface area contributed by atoms with Gasteiger partial charge in [0.25, 0.3) is 0 Å². The van der Waals surface area contributed by atoms with Crippen molar-refractivity contribution in [3.05, 3.63) is 29.8 Å². The molecule has 0 aliphatic carbocycles. The van der Waals surface area contributed by atoms with Crippen molar-refractivity contribution in [1.29, 1.82) is 0 Å². The van der Waals surface area contributed by atoms with Gasteiger partial charge in [-0.05, 0) is 24.6 Å². The first-order valence-electron chi connectivity index (χ1n) is 6.09. The average molecular weight is 265 g/mol. The molecule has 0 bridgehead atoms. The van der Waals surface area contributed by atoms with Crippen LogP contribution in [0.2, 0.25) is 0 Å². The predicted molar refractivity (Wildman–Crippen MR) is 70.7 cm³/mol. The number of methoxy groups -OCH3 is 1. The highest BCUT2D eigenvalue weighted by atomic mass is 16.5. The summed E-state index contributed by atoms with van der Waals surface area (Å²) >= 11 is 0. The maximum absolute atomic E-state index is 11.7. The quantitative estimate of drug-likeness (QED) is 0.579. The monoisotopic (exact) mass is 265 g/mol. The number of rotatable bonds is 6. The third-order valence-corrected chi connectivity index (χ3v) is 2.60. The normalized spacial score (nSPS) is 9.84. The minimum Gasteiger partial charge on any atom is -0.494 e. The summed E-state index contributed by atoms with van der Waals surface area (Å²) in [5, 5.41) is 0. The molecule has 1 amide bonds. The van der Waals surface area contributed by atoms with Crippen molar-refractivity contribution in [1.82, 2.24) is 4.90 Å². The van der Waals surface area contributed by atoms with Gasteiger partial charge in [0.1, 0.15) is 12.2 Å². The predicted octanol–water partition coefficient (Wildman–Crippen LogP) is 1.61. The first-order valence-corrected chi connectivity index (χ1v) is 6.09. The Kier molecular flexibility index (Phi) is 5.85. The fourth-order valence-corrected chi connectivity index (χ4v) is 1.55. The van der Waals surface area contributed by atoms with E-state index < -0.39 is 5.97 Å². The second-order valence-corrected chi connectivity index (χ2v) is 4.08. The minimum absolute atomic E-state index is 0.232. The molecule has 0 N–H and O–H groups in total. The van der Waals surface area contributed by atoms with Crippen LogP contribution in [0.25, 0.3) is 0 Å². The number of ether oxygens (including phenoxy) is 2. The molecule has 104 valence electrons. The lowest BCUT2D eigenvalue weighted by molar-refractivity contribution is -0.146. The lowest BCUT2D eigenvalue weighted by Gasteiger charge is -2.16. The van der Waals surface area contributed by atoms with E-state index in [1.807, 2.05) is 31.2 Å². The van der Waals surface area contributed by atoms with Gasteiger partial charge in [0.15, 0.2) is 0 Å². The van der Waals surface area contributed by atoms with Crippen molar-refractivity contribution < 1.29 is 19.1 Å². The zero-order valence-electron chi connectivity index (χ0n) is 11.5. The number of hydrogen-bond donors (Lipinski definition) is 0. The molecule has 0 heterocycles. The third kappa shape index (κ3) is 4.99. The Morgan fingerprint density at radius 1 is 1.21 bits per heavy atom. The van der Waals surface area contributed by atoms with Crippen LogP contribution in [-0.4, -0.2) is 37.5 Å². The summed E-state index contributed by atoms with van der Waals surface area (Å²) in [6.45, 7) is 2.99. The molecule has 0 fully saturated rings. The van der Waals surface area contributed by atoms with Crippen LogP contribution < -0.4 is 4.74 Å². The van der Waals surface area contributed by atoms with E-state index in [9.17, 15) is 9.59 Å². The molecule has 0 atom stereocenters.